The lowest BCUT2D eigenvalue weighted by Gasteiger charge is -2.08. The van der Waals surface area contributed by atoms with Gasteiger partial charge in [0.2, 0.25) is 5.78 Å². The number of carbonyl (C=O) groups is 1. The molecule has 1 N–H and O–H groups in total. The molecule has 0 saturated carbocycles. The number of oxime groups is 1. The lowest BCUT2D eigenvalue weighted by molar-refractivity contribution is 0.106. The Kier molecular flexibility index (Phi) is 6.53. The lowest BCUT2D eigenvalue weighted by Crippen LogP contribution is -2.17. The van der Waals surface area contributed by atoms with Crippen molar-refractivity contribution >= 4 is 23.4 Å². The molecule has 2 aromatic rings. The van der Waals surface area contributed by atoms with Gasteiger partial charge in [0, 0.05) is 23.8 Å². The van der Waals surface area contributed by atoms with Crippen LogP contribution < -0.4 is 14.9 Å². The number of Topliss-reactive ketones (excluding diaryl/α,β-unsaturated/α-hetero) is 1. The molecule has 0 heterocycles. The summed E-state index contributed by atoms with van der Waals surface area (Å²) in [5, 5.41) is 7.77. The number of rotatable bonds is 8. The number of carbonyl (C=O) groups excluding carboxylic acids is 1. The summed E-state index contributed by atoms with van der Waals surface area (Å²) in [4.78, 5) is 17.2. The fourth-order valence-electron chi connectivity index (χ4n) is 1.98. The molecule has 0 aliphatic carbocycles. The Morgan fingerprint density at radius 1 is 1.00 bits per heavy atom. The van der Waals surface area contributed by atoms with Crippen molar-refractivity contribution in [2.24, 2.45) is 10.3 Å². The van der Waals surface area contributed by atoms with E-state index >= 15 is 0 Å². The third-order valence-electron chi connectivity index (χ3n) is 3.21. The van der Waals surface area contributed by atoms with Crippen LogP contribution in [-0.4, -0.2) is 39.0 Å². The van der Waals surface area contributed by atoms with Gasteiger partial charge in [-0.3, -0.25) is 10.2 Å². The fourth-order valence-corrected chi connectivity index (χ4v) is 1.98. The van der Waals surface area contributed by atoms with E-state index in [9.17, 15) is 4.79 Å². The molecule has 2 aromatic carbocycles. The van der Waals surface area contributed by atoms with Gasteiger partial charge in [0.25, 0.3) is 0 Å². The Labute approximate surface area is 145 Å². The first-order valence-electron chi connectivity index (χ1n) is 7.41. The molecule has 0 fully saturated rings. The van der Waals surface area contributed by atoms with Gasteiger partial charge in [0.15, 0.2) is 5.71 Å². The summed E-state index contributed by atoms with van der Waals surface area (Å²) < 4.78 is 10.4. The van der Waals surface area contributed by atoms with Crippen LogP contribution in [-0.2, 0) is 4.84 Å². The molecule has 130 valence electrons. The van der Waals surface area contributed by atoms with Crippen molar-refractivity contribution in [1.29, 1.82) is 0 Å². The Hall–Kier alpha value is -3.35. The van der Waals surface area contributed by atoms with E-state index in [1.807, 2.05) is 6.07 Å². The van der Waals surface area contributed by atoms with Gasteiger partial charge >= 0.3 is 0 Å². The second-order valence-electron chi connectivity index (χ2n) is 4.82. The molecule has 0 aromatic heterocycles. The molecule has 25 heavy (non-hydrogen) atoms. The van der Waals surface area contributed by atoms with Crippen LogP contribution in [0.5, 0.6) is 11.5 Å². The van der Waals surface area contributed by atoms with Gasteiger partial charge in [0.1, 0.15) is 18.6 Å². The van der Waals surface area contributed by atoms with Gasteiger partial charge in [0.05, 0.1) is 26.1 Å². The number of hydrazone groups is 1. The first kappa shape index (κ1) is 18.0. The molecule has 0 unspecified atom stereocenters. The third kappa shape index (κ3) is 5.07. The average Bonchev–Trinajstić information content (AvgIpc) is 2.67. The monoisotopic (exact) mass is 341 g/mol. The maximum Gasteiger partial charge on any atom is 0.214 e. The Balaban J connectivity index is 2.29. The normalized spacial score (nSPS) is 11.2. The molecule has 0 radical (unpaired) electrons. The van der Waals surface area contributed by atoms with Crippen LogP contribution in [0.3, 0.4) is 0 Å². The number of anilines is 1. The number of benzene rings is 2. The van der Waals surface area contributed by atoms with Crippen molar-refractivity contribution in [3.63, 3.8) is 0 Å². The van der Waals surface area contributed by atoms with Gasteiger partial charge < -0.3 is 14.3 Å². The summed E-state index contributed by atoms with van der Waals surface area (Å²) >= 11 is 0. The number of methoxy groups -OCH3 is 2. The van der Waals surface area contributed by atoms with Crippen molar-refractivity contribution in [3.8, 4) is 11.5 Å². The molecule has 0 spiro atoms. The van der Waals surface area contributed by atoms with Crippen LogP contribution in [0.4, 0.5) is 5.69 Å². The van der Waals surface area contributed by atoms with Crippen LogP contribution in [0.25, 0.3) is 0 Å². The highest BCUT2D eigenvalue weighted by Gasteiger charge is 2.13. The van der Waals surface area contributed by atoms with E-state index in [0.29, 0.717) is 22.7 Å². The van der Waals surface area contributed by atoms with Gasteiger partial charge in [-0.15, -0.1) is 0 Å². The smallest absolute Gasteiger partial charge is 0.214 e. The summed E-state index contributed by atoms with van der Waals surface area (Å²) in [5.41, 5.74) is 4.00. The van der Waals surface area contributed by atoms with E-state index in [0.717, 1.165) is 0 Å². The topological polar surface area (TPSA) is 81.5 Å². The van der Waals surface area contributed by atoms with Gasteiger partial charge in [-0.25, -0.2) is 0 Å². The number of hydrogen-bond donors (Lipinski definition) is 1. The van der Waals surface area contributed by atoms with Crippen molar-refractivity contribution in [1.82, 2.24) is 0 Å². The van der Waals surface area contributed by atoms with Crippen LogP contribution in [0.15, 0.2) is 58.8 Å². The molecule has 7 nitrogen and oxygen atoms in total. The Morgan fingerprint density at radius 3 is 2.20 bits per heavy atom. The zero-order valence-electron chi connectivity index (χ0n) is 14.2. The number of hydrogen-bond acceptors (Lipinski definition) is 7. The van der Waals surface area contributed by atoms with E-state index in [-0.39, 0.29) is 11.5 Å². The van der Waals surface area contributed by atoms with Crippen molar-refractivity contribution in [3.05, 3.63) is 54.1 Å². The highest BCUT2D eigenvalue weighted by atomic mass is 16.6. The zero-order valence-corrected chi connectivity index (χ0v) is 14.2. The molecular weight excluding hydrogens is 322 g/mol. The van der Waals surface area contributed by atoms with Crippen LogP contribution >= 0.6 is 0 Å². The maximum absolute atomic E-state index is 12.6. The maximum atomic E-state index is 12.6. The molecular formula is C18H19N3O4. The number of ketones is 1. The van der Waals surface area contributed by atoms with Gasteiger partial charge in [-0.2, -0.15) is 5.10 Å². The SMILES string of the molecule is CO/N=C/C(=N/Nc1cc(OC)cc(OC)c1)C(=O)c1ccccc1. The average molecular weight is 341 g/mol. The molecule has 0 aliphatic heterocycles. The predicted octanol–water partition coefficient (Wildman–Crippen LogP) is 2.99. The minimum atomic E-state index is -0.288. The van der Waals surface area contributed by atoms with Gasteiger partial charge in [-0.05, 0) is 0 Å². The highest BCUT2D eigenvalue weighted by Crippen LogP contribution is 2.25. The number of nitrogens with zero attached hydrogens (tertiary/aromatic N) is 2. The van der Waals surface area contributed by atoms with E-state index in [4.69, 9.17) is 9.47 Å². The van der Waals surface area contributed by atoms with Crippen molar-refractivity contribution < 1.29 is 19.1 Å². The predicted molar refractivity (Wildman–Crippen MR) is 96.9 cm³/mol. The van der Waals surface area contributed by atoms with Crippen LogP contribution in [0.2, 0.25) is 0 Å². The van der Waals surface area contributed by atoms with Crippen molar-refractivity contribution in [2.75, 3.05) is 26.8 Å². The first-order chi connectivity index (χ1) is 12.2. The minimum absolute atomic E-state index is 0.0924. The van der Waals surface area contributed by atoms with Crippen LogP contribution in [0.1, 0.15) is 10.4 Å². The second-order valence-corrected chi connectivity index (χ2v) is 4.82. The summed E-state index contributed by atoms with van der Waals surface area (Å²) in [5.74, 6) is 0.904. The third-order valence-corrected chi connectivity index (χ3v) is 3.21. The summed E-state index contributed by atoms with van der Waals surface area (Å²) in [6, 6.07) is 14.0. The van der Waals surface area contributed by atoms with E-state index < -0.39 is 0 Å². The van der Waals surface area contributed by atoms with Crippen molar-refractivity contribution in [2.45, 2.75) is 0 Å². The molecule has 7 heteroatoms. The highest BCUT2D eigenvalue weighted by molar-refractivity contribution is 6.64. The number of nitrogens with one attached hydrogen (secondary N) is 1. The first-order valence-corrected chi connectivity index (χ1v) is 7.41. The molecule has 0 saturated heterocycles. The quantitative estimate of drug-likeness (QED) is 0.453. The summed E-state index contributed by atoms with van der Waals surface area (Å²) in [6.45, 7) is 0. The van der Waals surface area contributed by atoms with E-state index in [2.05, 4.69) is 20.5 Å². The molecule has 0 amide bonds. The largest absolute Gasteiger partial charge is 0.497 e. The van der Waals surface area contributed by atoms with Crippen LogP contribution in [0, 0.1) is 0 Å². The Bertz CT molecular complexity index is 751. The molecule has 0 atom stereocenters. The van der Waals surface area contributed by atoms with E-state index in [1.54, 1.807) is 56.7 Å². The Morgan fingerprint density at radius 2 is 1.64 bits per heavy atom. The molecule has 0 bridgehead atoms. The standard InChI is InChI=1S/C18H19N3O4/c1-23-15-9-14(10-16(11-15)24-2)20-21-17(12-19-25-3)18(22)13-7-5-4-6-8-13/h4-12,20H,1-3H3/b19-12+,21-17-. The minimum Gasteiger partial charge on any atom is -0.497 e. The fraction of sp³-hybridized carbons (Fsp3) is 0.167. The zero-order chi connectivity index (χ0) is 18.1. The van der Waals surface area contributed by atoms with E-state index in [1.165, 1.54) is 13.3 Å². The number of ether oxygens (including phenoxy) is 2. The van der Waals surface area contributed by atoms with Gasteiger partial charge in [-0.1, -0.05) is 35.5 Å². The summed E-state index contributed by atoms with van der Waals surface area (Å²) in [6.07, 6.45) is 1.25. The lowest BCUT2D eigenvalue weighted by atomic mass is 10.1. The molecule has 0 aliphatic rings. The second kappa shape index (κ2) is 9.07. The molecule has 2 rings (SSSR count). The summed E-state index contributed by atoms with van der Waals surface area (Å²) in [7, 11) is 4.50.